The Morgan fingerprint density at radius 1 is 0.733 bits per heavy atom. The Hall–Kier alpha value is -3.66. The smallest absolute Gasteiger partial charge is 0.226 e. The first-order valence-corrected chi connectivity index (χ1v) is 10.0. The van der Waals surface area contributed by atoms with Gasteiger partial charge < -0.3 is 4.90 Å². The van der Waals surface area contributed by atoms with Gasteiger partial charge in [0.05, 0.1) is 17.3 Å². The maximum absolute atomic E-state index is 11.9. The molecule has 0 unspecified atom stereocenters. The quantitative estimate of drug-likeness (QED) is 0.378. The van der Waals surface area contributed by atoms with Gasteiger partial charge in [-0.3, -0.25) is 10.1 Å². The van der Waals surface area contributed by atoms with Crippen LogP contribution in [0.25, 0.3) is 11.4 Å². The van der Waals surface area contributed by atoms with E-state index in [2.05, 4.69) is 17.0 Å². The van der Waals surface area contributed by atoms with Crippen molar-refractivity contribution >= 4 is 17.1 Å². The van der Waals surface area contributed by atoms with E-state index in [4.69, 9.17) is 0 Å². The maximum Gasteiger partial charge on any atom is 0.226 e. The molecule has 0 aliphatic carbocycles. The minimum absolute atomic E-state index is 0.186. The SMILES string of the molecule is CC(C)(C1C=C(c2ccccc2)N(c2ccccc2)C(c2ccccc2)=C1)[N+](=O)[O-]. The maximum atomic E-state index is 11.9. The molecule has 3 aromatic carbocycles. The van der Waals surface area contributed by atoms with Crippen LogP contribution in [-0.2, 0) is 0 Å². The van der Waals surface area contributed by atoms with Crippen molar-refractivity contribution in [3.8, 4) is 0 Å². The van der Waals surface area contributed by atoms with Crippen LogP contribution in [0.1, 0.15) is 25.0 Å². The highest BCUT2D eigenvalue weighted by molar-refractivity contribution is 5.97. The molecule has 0 N–H and O–H groups in total. The van der Waals surface area contributed by atoms with Crippen LogP contribution < -0.4 is 4.90 Å². The van der Waals surface area contributed by atoms with E-state index in [-0.39, 0.29) is 10.8 Å². The van der Waals surface area contributed by atoms with Crippen molar-refractivity contribution in [2.45, 2.75) is 19.4 Å². The van der Waals surface area contributed by atoms with Crippen LogP contribution in [0.5, 0.6) is 0 Å². The minimum Gasteiger partial charge on any atom is -0.310 e. The molecule has 1 aliphatic heterocycles. The Morgan fingerprint density at radius 3 is 1.53 bits per heavy atom. The van der Waals surface area contributed by atoms with E-state index in [1.165, 1.54) is 0 Å². The third-order valence-corrected chi connectivity index (χ3v) is 5.60. The summed E-state index contributed by atoms with van der Waals surface area (Å²) in [7, 11) is 0. The van der Waals surface area contributed by atoms with E-state index >= 15 is 0 Å². The molecular weight excluding hydrogens is 372 g/mol. The highest BCUT2D eigenvalue weighted by Crippen LogP contribution is 2.42. The fraction of sp³-hybridized carbons (Fsp3) is 0.154. The first-order valence-electron chi connectivity index (χ1n) is 10.0. The molecule has 1 heterocycles. The standard InChI is InChI=1S/C26H24N2O2/c1-26(2,28(29)30)22-18-24(20-12-6-3-7-13-20)27(23-16-10-5-11-17-23)25(19-22)21-14-8-4-9-15-21/h3-19,22H,1-2H3. The molecule has 30 heavy (non-hydrogen) atoms. The van der Waals surface area contributed by atoms with Crippen LogP contribution in [0, 0.1) is 16.0 Å². The van der Waals surface area contributed by atoms with Gasteiger partial charge in [-0.25, -0.2) is 0 Å². The summed E-state index contributed by atoms with van der Waals surface area (Å²) >= 11 is 0. The van der Waals surface area contributed by atoms with Gasteiger partial charge in [0.25, 0.3) is 0 Å². The Balaban J connectivity index is 1.97. The van der Waals surface area contributed by atoms with Crippen molar-refractivity contribution in [1.29, 1.82) is 0 Å². The van der Waals surface area contributed by atoms with E-state index in [9.17, 15) is 10.1 Å². The normalized spacial score (nSPS) is 14.8. The summed E-state index contributed by atoms with van der Waals surface area (Å²) < 4.78 is 0. The molecule has 150 valence electrons. The number of nitrogens with zero attached hydrogens (tertiary/aromatic N) is 2. The molecule has 0 aromatic heterocycles. The highest BCUT2D eigenvalue weighted by atomic mass is 16.6. The summed E-state index contributed by atoms with van der Waals surface area (Å²) in [6.45, 7) is 3.38. The Labute approximate surface area is 176 Å². The van der Waals surface area contributed by atoms with Crippen LogP contribution in [0.15, 0.2) is 103 Å². The van der Waals surface area contributed by atoms with Gasteiger partial charge in [-0.2, -0.15) is 0 Å². The number of hydrogen-bond donors (Lipinski definition) is 0. The first-order chi connectivity index (χ1) is 14.5. The monoisotopic (exact) mass is 396 g/mol. The summed E-state index contributed by atoms with van der Waals surface area (Å²) in [6.07, 6.45) is 4.05. The lowest BCUT2D eigenvalue weighted by molar-refractivity contribution is -0.566. The number of nitro groups is 1. The van der Waals surface area contributed by atoms with Crippen molar-refractivity contribution in [2.24, 2.45) is 5.92 Å². The van der Waals surface area contributed by atoms with Crippen LogP contribution >= 0.6 is 0 Å². The van der Waals surface area contributed by atoms with Gasteiger partial charge in [0, 0.05) is 24.5 Å². The van der Waals surface area contributed by atoms with Crippen molar-refractivity contribution in [2.75, 3.05) is 4.90 Å². The second-order valence-corrected chi connectivity index (χ2v) is 7.94. The predicted octanol–water partition coefficient (Wildman–Crippen LogP) is 6.26. The van der Waals surface area contributed by atoms with Gasteiger partial charge in [0.2, 0.25) is 5.54 Å². The summed E-state index contributed by atoms with van der Waals surface area (Å²) in [4.78, 5) is 13.9. The summed E-state index contributed by atoms with van der Waals surface area (Å²) in [5.74, 6) is -0.363. The Morgan fingerprint density at radius 2 is 1.13 bits per heavy atom. The van der Waals surface area contributed by atoms with Crippen molar-refractivity contribution in [3.05, 3.63) is 124 Å². The number of anilines is 1. The lowest BCUT2D eigenvalue weighted by atomic mass is 9.82. The molecule has 0 saturated heterocycles. The predicted molar refractivity (Wildman–Crippen MR) is 122 cm³/mol. The molecule has 0 saturated carbocycles. The molecule has 0 fully saturated rings. The molecular formula is C26H24N2O2. The lowest BCUT2D eigenvalue weighted by Gasteiger charge is -2.37. The minimum atomic E-state index is -1.14. The zero-order valence-electron chi connectivity index (χ0n) is 17.1. The van der Waals surface area contributed by atoms with Crippen LogP contribution in [0.3, 0.4) is 0 Å². The fourth-order valence-electron chi connectivity index (χ4n) is 3.72. The molecule has 4 rings (SSSR count). The average Bonchev–Trinajstić information content (AvgIpc) is 2.80. The molecule has 0 amide bonds. The summed E-state index contributed by atoms with van der Waals surface area (Å²) in [6, 6.07) is 30.3. The average molecular weight is 396 g/mol. The molecule has 3 aromatic rings. The summed E-state index contributed by atoms with van der Waals surface area (Å²) in [5, 5.41) is 11.9. The van der Waals surface area contributed by atoms with E-state index in [0.29, 0.717) is 0 Å². The van der Waals surface area contributed by atoms with Crippen LogP contribution in [0.4, 0.5) is 5.69 Å². The third-order valence-electron chi connectivity index (χ3n) is 5.60. The van der Waals surface area contributed by atoms with Crippen molar-refractivity contribution in [1.82, 2.24) is 0 Å². The first kappa shape index (κ1) is 19.6. The molecule has 0 atom stereocenters. The van der Waals surface area contributed by atoms with Gasteiger partial charge in [-0.1, -0.05) is 78.9 Å². The Bertz CT molecular complexity index is 1030. The molecule has 0 radical (unpaired) electrons. The van der Waals surface area contributed by atoms with Gasteiger partial charge in [0.1, 0.15) is 0 Å². The number of benzene rings is 3. The highest BCUT2D eigenvalue weighted by Gasteiger charge is 2.42. The fourth-order valence-corrected chi connectivity index (χ4v) is 3.72. The number of para-hydroxylation sites is 1. The second-order valence-electron chi connectivity index (χ2n) is 7.94. The lowest BCUT2D eigenvalue weighted by Crippen LogP contribution is -2.40. The zero-order valence-corrected chi connectivity index (χ0v) is 17.1. The molecule has 0 bridgehead atoms. The van der Waals surface area contributed by atoms with Crippen molar-refractivity contribution < 1.29 is 4.92 Å². The van der Waals surface area contributed by atoms with Crippen LogP contribution in [0.2, 0.25) is 0 Å². The van der Waals surface area contributed by atoms with Gasteiger partial charge in [0.15, 0.2) is 0 Å². The van der Waals surface area contributed by atoms with E-state index in [0.717, 1.165) is 28.2 Å². The number of hydrogen-bond acceptors (Lipinski definition) is 3. The topological polar surface area (TPSA) is 46.4 Å². The van der Waals surface area contributed by atoms with E-state index < -0.39 is 5.54 Å². The van der Waals surface area contributed by atoms with E-state index in [1.54, 1.807) is 13.8 Å². The molecule has 4 heteroatoms. The zero-order chi connectivity index (χ0) is 21.1. The summed E-state index contributed by atoms with van der Waals surface area (Å²) in [5.41, 5.74) is 3.81. The number of rotatable bonds is 5. The van der Waals surface area contributed by atoms with Gasteiger partial charge >= 0.3 is 0 Å². The van der Waals surface area contributed by atoms with E-state index in [1.807, 2.05) is 91.0 Å². The third kappa shape index (κ3) is 3.64. The Kier molecular flexibility index (Phi) is 5.23. The molecule has 4 nitrogen and oxygen atoms in total. The van der Waals surface area contributed by atoms with Gasteiger partial charge in [-0.05, 0) is 35.4 Å². The largest absolute Gasteiger partial charge is 0.310 e. The van der Waals surface area contributed by atoms with Gasteiger partial charge in [-0.15, -0.1) is 0 Å². The van der Waals surface area contributed by atoms with Crippen molar-refractivity contribution in [3.63, 3.8) is 0 Å². The molecule has 0 spiro atoms. The van der Waals surface area contributed by atoms with Crippen LogP contribution in [-0.4, -0.2) is 10.5 Å². The second kappa shape index (κ2) is 7.99. The molecule has 1 aliphatic rings.